The number of nitrogens with two attached hydrogens (primary N) is 1. The zero-order chi connectivity index (χ0) is 34.0. The summed E-state index contributed by atoms with van der Waals surface area (Å²) in [5.74, 6) is -1.26. The number of rotatable bonds is 16. The van der Waals surface area contributed by atoms with Crippen molar-refractivity contribution in [2.75, 3.05) is 26.4 Å². The van der Waals surface area contributed by atoms with Crippen molar-refractivity contribution < 1.29 is 24.6 Å². The largest absolute Gasteiger partial charge is 0.390 e. The van der Waals surface area contributed by atoms with E-state index in [2.05, 4.69) is 16.4 Å². The van der Waals surface area contributed by atoms with Gasteiger partial charge in [-0.3, -0.25) is 14.4 Å². The average molecular weight is 658 g/mol. The first-order valence-corrected chi connectivity index (χ1v) is 17.5. The number of nitrogens with zero attached hydrogens (tertiary/aromatic N) is 3. The molecule has 0 bridgehead atoms. The van der Waals surface area contributed by atoms with Crippen LogP contribution >= 0.6 is 11.3 Å². The predicted octanol–water partition coefficient (Wildman–Crippen LogP) is 4.23. The number of anilines is 1. The van der Waals surface area contributed by atoms with Crippen molar-refractivity contribution in [2.45, 2.75) is 110 Å². The van der Waals surface area contributed by atoms with E-state index >= 15 is 0 Å². The molecule has 11 heteroatoms. The summed E-state index contributed by atoms with van der Waals surface area (Å²) in [6, 6.07) is 5.38. The molecule has 0 saturated heterocycles. The molecule has 0 aliphatic heterocycles. The van der Waals surface area contributed by atoms with Crippen LogP contribution in [-0.4, -0.2) is 81.6 Å². The lowest BCUT2D eigenvalue weighted by Crippen LogP contribution is -2.52. The number of hydrogen-bond donors (Lipinski definition) is 4. The van der Waals surface area contributed by atoms with Gasteiger partial charge in [0.15, 0.2) is 5.13 Å². The van der Waals surface area contributed by atoms with E-state index in [1.165, 1.54) is 27.6 Å². The van der Waals surface area contributed by atoms with E-state index in [1.54, 1.807) is 19.5 Å². The fraction of sp³-hybridized carbons (Fsp3) is 0.657. The second kappa shape index (κ2) is 17.8. The Hall–Kier alpha value is -3.02. The smallest absolute Gasteiger partial charge is 0.241 e. The molecule has 3 rings (SSSR count). The van der Waals surface area contributed by atoms with Gasteiger partial charge in [-0.15, -0.1) is 11.3 Å². The minimum absolute atomic E-state index is 0.124. The molecule has 1 aliphatic carbocycles. The lowest BCUT2D eigenvalue weighted by Gasteiger charge is -2.33. The molecule has 1 aromatic heterocycles. The van der Waals surface area contributed by atoms with Crippen molar-refractivity contribution in [1.29, 1.82) is 0 Å². The summed E-state index contributed by atoms with van der Waals surface area (Å²) in [5.41, 5.74) is 9.52. The van der Waals surface area contributed by atoms with Crippen LogP contribution in [0.3, 0.4) is 0 Å². The number of aliphatic hydroxyl groups is 2. The Balaban J connectivity index is 1.88. The summed E-state index contributed by atoms with van der Waals surface area (Å²) in [7, 11) is 3.30. The van der Waals surface area contributed by atoms with Crippen LogP contribution in [0.15, 0.2) is 23.6 Å². The van der Waals surface area contributed by atoms with Crippen LogP contribution in [0, 0.1) is 31.6 Å². The quantitative estimate of drug-likeness (QED) is 0.211. The zero-order valence-corrected chi connectivity index (χ0v) is 29.3. The van der Waals surface area contributed by atoms with Crippen molar-refractivity contribution >= 4 is 34.2 Å². The van der Waals surface area contributed by atoms with Gasteiger partial charge < -0.3 is 31.1 Å². The summed E-state index contributed by atoms with van der Waals surface area (Å²) >= 11 is 1.27. The standard InChI is InChI=1S/C35H55N5O5S/c1-22(2)12-30(41)33(44)29(16-25-10-8-7-9-11-25)38-34(45)27(17-28-21-46-35(36)37-28)18-31(42)40(20-32(43)39(5)6)19-26-14-23(3)13-24(4)15-26/h13-15,21-22,25,27,29-30,33,41,44H,7-12,16-20H2,1-6H3,(H2,36,37)(H,38,45)/t27-,29+,30+,33-/m1/s1. The highest BCUT2D eigenvalue weighted by molar-refractivity contribution is 7.13. The molecule has 0 spiro atoms. The number of nitrogens with one attached hydrogen (secondary N) is 1. The number of carbonyl (C=O) groups is 3. The molecule has 4 atom stereocenters. The first kappa shape index (κ1) is 37.4. The summed E-state index contributed by atoms with van der Waals surface area (Å²) in [5, 5.41) is 27.4. The van der Waals surface area contributed by atoms with E-state index in [4.69, 9.17) is 5.73 Å². The Labute approximate surface area is 278 Å². The van der Waals surface area contributed by atoms with Crippen LogP contribution in [0.4, 0.5) is 5.13 Å². The van der Waals surface area contributed by atoms with Crippen LogP contribution in [-0.2, 0) is 27.3 Å². The molecule has 0 radical (unpaired) electrons. The molecule has 1 aliphatic rings. The van der Waals surface area contributed by atoms with E-state index in [9.17, 15) is 24.6 Å². The van der Waals surface area contributed by atoms with E-state index in [-0.39, 0.29) is 49.6 Å². The summed E-state index contributed by atoms with van der Waals surface area (Å²) in [6.07, 6.45) is 4.30. The zero-order valence-electron chi connectivity index (χ0n) is 28.5. The van der Waals surface area contributed by atoms with Gasteiger partial charge in [-0.05, 0) is 44.1 Å². The maximum absolute atomic E-state index is 14.1. The van der Waals surface area contributed by atoms with Crippen molar-refractivity contribution in [3.63, 3.8) is 0 Å². The summed E-state index contributed by atoms with van der Waals surface area (Å²) < 4.78 is 0. The van der Waals surface area contributed by atoms with Crippen LogP contribution in [0.5, 0.6) is 0 Å². The van der Waals surface area contributed by atoms with Crippen LogP contribution in [0.1, 0.15) is 87.6 Å². The minimum Gasteiger partial charge on any atom is -0.390 e. The molecule has 3 amide bonds. The monoisotopic (exact) mass is 657 g/mol. The third kappa shape index (κ3) is 12.0. The third-order valence-electron chi connectivity index (χ3n) is 8.81. The van der Waals surface area contributed by atoms with E-state index in [0.29, 0.717) is 29.6 Å². The van der Waals surface area contributed by atoms with Gasteiger partial charge in [-0.2, -0.15) is 0 Å². The molecule has 256 valence electrons. The molecular weight excluding hydrogens is 602 g/mol. The number of benzene rings is 1. The molecule has 1 aromatic carbocycles. The summed E-state index contributed by atoms with van der Waals surface area (Å²) in [4.78, 5) is 48.2. The molecule has 2 aromatic rings. The number of carbonyl (C=O) groups excluding carboxylic acids is 3. The van der Waals surface area contributed by atoms with Gasteiger partial charge in [0.25, 0.3) is 0 Å². The first-order valence-electron chi connectivity index (χ1n) is 16.6. The Kier molecular flexibility index (Phi) is 14.5. The Bertz CT molecular complexity index is 1270. The normalized spacial score (nSPS) is 16.5. The Morgan fingerprint density at radius 2 is 1.70 bits per heavy atom. The maximum Gasteiger partial charge on any atom is 0.241 e. The second-order valence-electron chi connectivity index (χ2n) is 13.9. The van der Waals surface area contributed by atoms with Gasteiger partial charge in [0.05, 0.1) is 23.8 Å². The molecule has 1 saturated carbocycles. The summed E-state index contributed by atoms with van der Waals surface area (Å²) in [6.45, 7) is 8.05. The number of thiazole rings is 1. The van der Waals surface area contributed by atoms with Gasteiger partial charge in [0.2, 0.25) is 17.7 Å². The van der Waals surface area contributed by atoms with E-state index < -0.39 is 24.2 Å². The van der Waals surface area contributed by atoms with Crippen LogP contribution < -0.4 is 11.1 Å². The Morgan fingerprint density at radius 1 is 1.04 bits per heavy atom. The number of nitrogen functional groups attached to an aromatic ring is 1. The van der Waals surface area contributed by atoms with Gasteiger partial charge in [-0.25, -0.2) is 4.98 Å². The molecule has 1 heterocycles. The predicted molar refractivity (Wildman–Crippen MR) is 183 cm³/mol. The highest BCUT2D eigenvalue weighted by Crippen LogP contribution is 2.29. The van der Waals surface area contributed by atoms with Crippen molar-refractivity contribution in [3.8, 4) is 0 Å². The van der Waals surface area contributed by atoms with Gasteiger partial charge in [-0.1, -0.05) is 75.3 Å². The van der Waals surface area contributed by atoms with E-state index in [1.807, 2.05) is 39.8 Å². The van der Waals surface area contributed by atoms with Gasteiger partial charge >= 0.3 is 0 Å². The highest BCUT2D eigenvalue weighted by Gasteiger charge is 2.34. The SMILES string of the molecule is Cc1cc(C)cc(CN(CC(=O)N(C)C)C(=O)C[C@@H](Cc2csc(N)n2)C(=O)N[C@@H](CC2CCCCC2)[C@@H](O)[C@@H](O)CC(C)C)c1. The van der Waals surface area contributed by atoms with E-state index in [0.717, 1.165) is 42.4 Å². The average Bonchev–Trinajstić information content (AvgIpc) is 3.39. The van der Waals surface area contributed by atoms with Crippen LogP contribution in [0.25, 0.3) is 0 Å². The topological polar surface area (TPSA) is 149 Å². The fourth-order valence-electron chi connectivity index (χ4n) is 6.44. The molecule has 5 N–H and O–H groups in total. The third-order valence-corrected chi connectivity index (χ3v) is 9.53. The first-order chi connectivity index (χ1) is 21.7. The molecule has 0 unspecified atom stereocenters. The Morgan fingerprint density at radius 3 is 2.26 bits per heavy atom. The molecular formula is C35H55N5O5S. The number of aromatic nitrogens is 1. The van der Waals surface area contributed by atoms with Crippen molar-refractivity contribution in [1.82, 2.24) is 20.1 Å². The molecule has 46 heavy (non-hydrogen) atoms. The number of likely N-dealkylation sites (N-methyl/N-ethyl adjacent to an activating group) is 1. The maximum atomic E-state index is 14.1. The van der Waals surface area contributed by atoms with Gasteiger partial charge in [0.1, 0.15) is 12.6 Å². The molecule has 10 nitrogen and oxygen atoms in total. The lowest BCUT2D eigenvalue weighted by atomic mass is 9.82. The van der Waals surface area contributed by atoms with Crippen molar-refractivity contribution in [3.05, 3.63) is 46.0 Å². The van der Waals surface area contributed by atoms with Crippen LogP contribution in [0.2, 0.25) is 0 Å². The molecule has 1 fully saturated rings. The number of amides is 3. The lowest BCUT2D eigenvalue weighted by molar-refractivity contribution is -0.142. The van der Waals surface area contributed by atoms with Crippen molar-refractivity contribution in [2.24, 2.45) is 17.8 Å². The van der Waals surface area contributed by atoms with Gasteiger partial charge in [0, 0.05) is 38.9 Å². The fourth-order valence-corrected chi connectivity index (χ4v) is 7.02. The minimum atomic E-state index is -1.14. The number of hydrogen-bond acceptors (Lipinski definition) is 8. The number of aliphatic hydroxyl groups excluding tert-OH is 2. The highest BCUT2D eigenvalue weighted by atomic mass is 32.1. The second-order valence-corrected chi connectivity index (χ2v) is 14.7. The number of aryl methyl sites for hydroxylation is 2.